The van der Waals surface area contributed by atoms with E-state index in [0.717, 1.165) is 37.6 Å². The van der Waals surface area contributed by atoms with Gasteiger partial charge in [-0.2, -0.15) is 9.97 Å². The second kappa shape index (κ2) is 8.56. The fourth-order valence-corrected chi connectivity index (χ4v) is 3.75. The Hall–Kier alpha value is -1.76. The number of aromatic nitrogens is 2. The number of piperidine rings is 1. The zero-order chi connectivity index (χ0) is 17.6. The van der Waals surface area contributed by atoms with Crippen LogP contribution in [0.25, 0.3) is 0 Å². The summed E-state index contributed by atoms with van der Waals surface area (Å²) < 4.78 is 5.67. The maximum absolute atomic E-state index is 6.11. The first kappa shape index (κ1) is 18.0. The van der Waals surface area contributed by atoms with Crippen LogP contribution in [0.15, 0.2) is 0 Å². The van der Waals surface area contributed by atoms with Gasteiger partial charge in [0.05, 0.1) is 13.3 Å². The molecule has 140 valence electrons. The van der Waals surface area contributed by atoms with Gasteiger partial charge < -0.3 is 25.6 Å². The molecule has 0 aliphatic carbocycles. The number of rotatable bonds is 8. The lowest BCUT2D eigenvalue weighted by Gasteiger charge is -2.34. The highest BCUT2D eigenvalue weighted by molar-refractivity contribution is 5.80. The molecule has 0 saturated carbocycles. The summed E-state index contributed by atoms with van der Waals surface area (Å²) in [7, 11) is 0. The molecule has 2 aliphatic heterocycles. The molecule has 3 N–H and O–H groups in total. The van der Waals surface area contributed by atoms with Crippen molar-refractivity contribution in [2.24, 2.45) is 5.92 Å². The number of nitrogens with zero attached hydrogens (tertiary/aromatic N) is 4. The molecule has 3 heterocycles. The Balaban J connectivity index is 1.65. The minimum atomic E-state index is 0.398. The first-order valence-electron chi connectivity index (χ1n) is 9.72. The second-order valence-corrected chi connectivity index (χ2v) is 7.16. The van der Waals surface area contributed by atoms with E-state index < -0.39 is 0 Å². The van der Waals surface area contributed by atoms with Crippen LogP contribution < -0.4 is 20.7 Å². The molecule has 0 aromatic carbocycles. The summed E-state index contributed by atoms with van der Waals surface area (Å²) in [6.45, 7) is 10.4. The molecule has 7 nitrogen and oxygen atoms in total. The number of nitrogens with one attached hydrogen (secondary N) is 1. The summed E-state index contributed by atoms with van der Waals surface area (Å²) in [6, 6.07) is 0.398. The molecule has 2 aliphatic rings. The smallest absolute Gasteiger partial charge is 0.320 e. The van der Waals surface area contributed by atoms with Gasteiger partial charge >= 0.3 is 6.01 Å². The minimum absolute atomic E-state index is 0.398. The van der Waals surface area contributed by atoms with Crippen LogP contribution >= 0.6 is 0 Å². The molecule has 0 bridgehead atoms. The first-order chi connectivity index (χ1) is 12.2. The SMILES string of the molecule is CCCCOc1nc(N)c2c(n1)N(CC1CCCN(CCC)C1)CN2. The van der Waals surface area contributed by atoms with E-state index in [-0.39, 0.29) is 0 Å². The van der Waals surface area contributed by atoms with E-state index in [1.807, 2.05) is 0 Å². The van der Waals surface area contributed by atoms with Gasteiger partial charge in [-0.05, 0) is 44.7 Å². The highest BCUT2D eigenvalue weighted by atomic mass is 16.5. The Labute approximate surface area is 150 Å². The van der Waals surface area contributed by atoms with E-state index in [9.17, 15) is 0 Å². The summed E-state index contributed by atoms with van der Waals surface area (Å²) >= 11 is 0. The van der Waals surface area contributed by atoms with Crippen LogP contribution in [-0.4, -0.2) is 54.3 Å². The maximum atomic E-state index is 6.11. The van der Waals surface area contributed by atoms with E-state index in [0.29, 0.717) is 24.4 Å². The summed E-state index contributed by atoms with van der Waals surface area (Å²) in [4.78, 5) is 13.8. The third kappa shape index (κ3) is 4.45. The first-order valence-corrected chi connectivity index (χ1v) is 9.72. The van der Waals surface area contributed by atoms with Crippen molar-refractivity contribution < 1.29 is 4.74 Å². The normalized spacial score (nSPS) is 20.4. The van der Waals surface area contributed by atoms with Crippen molar-refractivity contribution in [3.8, 4) is 6.01 Å². The number of likely N-dealkylation sites (tertiary alicyclic amines) is 1. The van der Waals surface area contributed by atoms with E-state index in [2.05, 4.69) is 38.9 Å². The molecule has 0 radical (unpaired) electrons. The Morgan fingerprint density at radius 3 is 2.96 bits per heavy atom. The van der Waals surface area contributed by atoms with Crippen molar-refractivity contribution in [3.05, 3.63) is 0 Å². The van der Waals surface area contributed by atoms with Crippen LogP contribution in [0.2, 0.25) is 0 Å². The quantitative estimate of drug-likeness (QED) is 0.699. The molecular weight excluding hydrogens is 316 g/mol. The van der Waals surface area contributed by atoms with Gasteiger partial charge in [0.1, 0.15) is 5.69 Å². The lowest BCUT2D eigenvalue weighted by atomic mass is 9.97. The maximum Gasteiger partial charge on any atom is 0.320 e. The third-order valence-corrected chi connectivity index (χ3v) is 4.99. The zero-order valence-corrected chi connectivity index (χ0v) is 15.6. The summed E-state index contributed by atoms with van der Waals surface area (Å²) in [6.07, 6.45) is 5.88. The Morgan fingerprint density at radius 2 is 2.16 bits per heavy atom. The third-order valence-electron chi connectivity index (χ3n) is 4.99. The molecule has 1 atom stereocenters. The van der Waals surface area contributed by atoms with Crippen molar-refractivity contribution in [1.29, 1.82) is 0 Å². The van der Waals surface area contributed by atoms with E-state index >= 15 is 0 Å². The Bertz CT molecular complexity index is 565. The van der Waals surface area contributed by atoms with Gasteiger partial charge in [-0.15, -0.1) is 0 Å². The highest BCUT2D eigenvalue weighted by Crippen LogP contribution is 2.36. The molecule has 1 unspecified atom stereocenters. The van der Waals surface area contributed by atoms with Crippen LogP contribution in [0.4, 0.5) is 17.3 Å². The van der Waals surface area contributed by atoms with Crippen LogP contribution in [-0.2, 0) is 0 Å². The largest absolute Gasteiger partial charge is 0.463 e. The number of hydrogen-bond donors (Lipinski definition) is 2. The predicted octanol–water partition coefficient (Wildman–Crippen LogP) is 2.55. The van der Waals surface area contributed by atoms with E-state index in [1.54, 1.807) is 0 Å². The molecule has 0 amide bonds. The average molecular weight is 348 g/mol. The van der Waals surface area contributed by atoms with Crippen molar-refractivity contribution in [2.75, 3.05) is 55.4 Å². The average Bonchev–Trinajstić information content (AvgIpc) is 2.99. The minimum Gasteiger partial charge on any atom is -0.463 e. The Morgan fingerprint density at radius 1 is 1.28 bits per heavy atom. The highest BCUT2D eigenvalue weighted by Gasteiger charge is 2.28. The van der Waals surface area contributed by atoms with Crippen molar-refractivity contribution >= 4 is 17.3 Å². The Kier molecular flexibility index (Phi) is 6.18. The fraction of sp³-hybridized carbons (Fsp3) is 0.778. The molecule has 1 saturated heterocycles. The van der Waals surface area contributed by atoms with Crippen molar-refractivity contribution in [1.82, 2.24) is 14.9 Å². The number of unbranched alkanes of at least 4 members (excludes halogenated alkanes) is 1. The lowest BCUT2D eigenvalue weighted by molar-refractivity contribution is 0.177. The van der Waals surface area contributed by atoms with Gasteiger partial charge in [-0.1, -0.05) is 20.3 Å². The topological polar surface area (TPSA) is 79.5 Å². The van der Waals surface area contributed by atoms with Gasteiger partial charge in [0.25, 0.3) is 0 Å². The number of nitrogen functional groups attached to an aromatic ring is 1. The predicted molar refractivity (Wildman–Crippen MR) is 102 cm³/mol. The monoisotopic (exact) mass is 348 g/mol. The molecule has 1 fully saturated rings. The molecule has 0 spiro atoms. The lowest BCUT2D eigenvalue weighted by Crippen LogP contribution is -2.41. The summed E-state index contributed by atoms with van der Waals surface area (Å²) in [5, 5.41) is 3.35. The summed E-state index contributed by atoms with van der Waals surface area (Å²) in [5.74, 6) is 2.05. The van der Waals surface area contributed by atoms with Crippen molar-refractivity contribution in [3.63, 3.8) is 0 Å². The van der Waals surface area contributed by atoms with Gasteiger partial charge in [0.2, 0.25) is 0 Å². The molecule has 1 aromatic rings. The fourth-order valence-electron chi connectivity index (χ4n) is 3.75. The molecule has 7 heteroatoms. The second-order valence-electron chi connectivity index (χ2n) is 7.16. The van der Waals surface area contributed by atoms with Gasteiger partial charge in [-0.25, -0.2) is 0 Å². The van der Waals surface area contributed by atoms with Crippen LogP contribution in [0.5, 0.6) is 6.01 Å². The van der Waals surface area contributed by atoms with E-state index in [1.165, 1.54) is 38.9 Å². The number of ether oxygens (including phenoxy) is 1. The molecule has 1 aromatic heterocycles. The number of fused-ring (bicyclic) bond motifs is 1. The van der Waals surface area contributed by atoms with Crippen LogP contribution in [0.3, 0.4) is 0 Å². The van der Waals surface area contributed by atoms with Gasteiger partial charge in [0, 0.05) is 13.1 Å². The van der Waals surface area contributed by atoms with Gasteiger partial charge in [-0.3, -0.25) is 0 Å². The van der Waals surface area contributed by atoms with Gasteiger partial charge in [0.15, 0.2) is 11.6 Å². The van der Waals surface area contributed by atoms with Crippen LogP contribution in [0, 0.1) is 5.92 Å². The van der Waals surface area contributed by atoms with E-state index in [4.69, 9.17) is 10.5 Å². The molecule has 3 rings (SSSR count). The standard InChI is InChI=1S/C18H32N6O/c1-3-5-10-25-18-21-16(19)15-17(22-18)24(13-20-15)12-14-7-6-9-23(11-14)8-4-2/h14,20H,3-13H2,1-2H3,(H2,19,21,22). The summed E-state index contributed by atoms with van der Waals surface area (Å²) in [5.41, 5.74) is 6.96. The number of hydrogen-bond acceptors (Lipinski definition) is 7. The van der Waals surface area contributed by atoms with Crippen LogP contribution in [0.1, 0.15) is 46.0 Å². The molecule has 25 heavy (non-hydrogen) atoms. The van der Waals surface area contributed by atoms with Crippen molar-refractivity contribution in [2.45, 2.75) is 46.0 Å². The zero-order valence-electron chi connectivity index (χ0n) is 15.6. The number of anilines is 3. The number of nitrogens with two attached hydrogens (primary N) is 1. The molecular formula is C18H32N6O.